The number of aryl methyl sites for hydroxylation is 1. The lowest BCUT2D eigenvalue weighted by atomic mass is 10.2. The Hall–Kier alpha value is -2.49. The Kier molecular flexibility index (Phi) is 9.04. The van der Waals surface area contributed by atoms with E-state index in [0.29, 0.717) is 6.54 Å². The first-order chi connectivity index (χ1) is 13.7. The molecular formula is C21H28IN5O2. The van der Waals surface area contributed by atoms with Crippen LogP contribution in [0.3, 0.4) is 0 Å². The molecule has 1 heterocycles. The topological polar surface area (TPSA) is 83.6 Å². The first-order valence-electron chi connectivity index (χ1n) is 9.32. The molecule has 0 aliphatic carbocycles. The number of nitrogens with zero attached hydrogens (tertiary/aromatic N) is 2. The number of guanidine groups is 1. The van der Waals surface area contributed by atoms with Crippen molar-refractivity contribution in [2.45, 2.75) is 19.4 Å². The number of hydrogen-bond acceptors (Lipinski definition) is 4. The van der Waals surface area contributed by atoms with Gasteiger partial charge in [-0.15, -0.1) is 24.0 Å². The van der Waals surface area contributed by atoms with Crippen LogP contribution in [0.5, 0.6) is 11.5 Å². The Morgan fingerprint density at radius 1 is 1.10 bits per heavy atom. The molecule has 0 fully saturated rings. The number of ether oxygens (including phenoxy) is 2. The standard InChI is InChI=1S/C21H27N5O2.HI/c1-22-21(24-14-15-10-11-16(27-2)13-19(15)28-3)23-12-6-9-20-25-17-7-4-5-8-18(17)26-20;/h4-5,7-8,10-11,13H,6,9,12,14H2,1-3H3,(H,25,26)(H2,22,23,24);1H. The number of nitrogens with one attached hydrogen (secondary N) is 3. The molecule has 0 saturated carbocycles. The fourth-order valence-electron chi connectivity index (χ4n) is 2.98. The third-order valence-electron chi connectivity index (χ3n) is 4.49. The second-order valence-electron chi connectivity index (χ2n) is 6.33. The first kappa shape index (κ1) is 22.8. The number of fused-ring (bicyclic) bond motifs is 1. The Morgan fingerprint density at radius 3 is 2.66 bits per heavy atom. The van der Waals surface area contributed by atoms with E-state index in [4.69, 9.17) is 9.47 Å². The van der Waals surface area contributed by atoms with Crippen molar-refractivity contribution in [2.75, 3.05) is 27.8 Å². The van der Waals surface area contributed by atoms with E-state index in [2.05, 4.69) is 25.6 Å². The maximum atomic E-state index is 5.44. The number of rotatable bonds is 8. The van der Waals surface area contributed by atoms with Crippen molar-refractivity contribution in [3.05, 3.63) is 53.9 Å². The van der Waals surface area contributed by atoms with Crippen molar-refractivity contribution < 1.29 is 9.47 Å². The van der Waals surface area contributed by atoms with Gasteiger partial charge in [0.05, 0.1) is 25.3 Å². The average molecular weight is 509 g/mol. The molecule has 0 saturated heterocycles. The Labute approximate surface area is 188 Å². The van der Waals surface area contributed by atoms with E-state index in [-0.39, 0.29) is 24.0 Å². The summed E-state index contributed by atoms with van der Waals surface area (Å²) in [6.45, 7) is 1.41. The predicted molar refractivity (Wildman–Crippen MR) is 128 cm³/mol. The fourth-order valence-corrected chi connectivity index (χ4v) is 2.98. The third kappa shape index (κ3) is 6.25. The summed E-state index contributed by atoms with van der Waals surface area (Å²) < 4.78 is 10.7. The van der Waals surface area contributed by atoms with Gasteiger partial charge < -0.3 is 25.1 Å². The fraction of sp³-hybridized carbons (Fsp3) is 0.333. The Balaban J connectivity index is 0.00000300. The van der Waals surface area contributed by atoms with Gasteiger partial charge in [0.1, 0.15) is 17.3 Å². The molecular weight excluding hydrogens is 481 g/mol. The van der Waals surface area contributed by atoms with Crippen LogP contribution in [0.2, 0.25) is 0 Å². The van der Waals surface area contributed by atoms with Crippen LogP contribution in [-0.4, -0.2) is 43.7 Å². The monoisotopic (exact) mass is 509 g/mol. The zero-order valence-corrected chi connectivity index (χ0v) is 19.3. The molecule has 3 N–H and O–H groups in total. The number of imidazole rings is 1. The highest BCUT2D eigenvalue weighted by Gasteiger charge is 2.06. The number of H-pyrrole nitrogens is 1. The van der Waals surface area contributed by atoms with Crippen LogP contribution < -0.4 is 20.1 Å². The van der Waals surface area contributed by atoms with Crippen molar-refractivity contribution in [3.8, 4) is 11.5 Å². The minimum atomic E-state index is 0. The second kappa shape index (κ2) is 11.5. The number of benzene rings is 2. The van der Waals surface area contributed by atoms with Gasteiger partial charge in [0.2, 0.25) is 0 Å². The molecule has 2 aromatic carbocycles. The average Bonchev–Trinajstić information content (AvgIpc) is 3.16. The van der Waals surface area contributed by atoms with Crippen LogP contribution in [0.25, 0.3) is 11.0 Å². The molecule has 0 unspecified atom stereocenters. The molecule has 29 heavy (non-hydrogen) atoms. The summed E-state index contributed by atoms with van der Waals surface area (Å²) in [6.07, 6.45) is 1.83. The second-order valence-corrected chi connectivity index (χ2v) is 6.33. The Bertz CT molecular complexity index is 909. The summed E-state index contributed by atoms with van der Waals surface area (Å²) in [6, 6.07) is 13.9. The van der Waals surface area contributed by atoms with E-state index in [1.165, 1.54) is 0 Å². The molecule has 3 rings (SSSR count). The molecule has 0 amide bonds. The molecule has 0 atom stereocenters. The molecule has 0 spiro atoms. The van der Waals surface area contributed by atoms with E-state index < -0.39 is 0 Å². The zero-order chi connectivity index (χ0) is 19.8. The van der Waals surface area contributed by atoms with Gasteiger partial charge in [-0.1, -0.05) is 12.1 Å². The predicted octanol–water partition coefficient (Wildman–Crippen LogP) is 3.50. The highest BCUT2D eigenvalue weighted by atomic mass is 127. The number of aliphatic imine (C=N–C) groups is 1. The van der Waals surface area contributed by atoms with Crippen molar-refractivity contribution in [2.24, 2.45) is 4.99 Å². The molecule has 7 nitrogen and oxygen atoms in total. The first-order valence-corrected chi connectivity index (χ1v) is 9.32. The lowest BCUT2D eigenvalue weighted by molar-refractivity contribution is 0.390. The number of para-hydroxylation sites is 2. The third-order valence-corrected chi connectivity index (χ3v) is 4.49. The number of halogens is 1. The molecule has 0 radical (unpaired) electrons. The number of aromatic amines is 1. The van der Waals surface area contributed by atoms with Crippen LogP contribution >= 0.6 is 24.0 Å². The van der Waals surface area contributed by atoms with E-state index >= 15 is 0 Å². The molecule has 0 aliphatic rings. The lowest BCUT2D eigenvalue weighted by Crippen LogP contribution is -2.37. The normalized spacial score (nSPS) is 11.1. The zero-order valence-electron chi connectivity index (χ0n) is 17.0. The minimum Gasteiger partial charge on any atom is -0.497 e. The van der Waals surface area contributed by atoms with Gasteiger partial charge in [-0.05, 0) is 30.7 Å². The molecule has 8 heteroatoms. The summed E-state index contributed by atoms with van der Waals surface area (Å²) in [4.78, 5) is 12.2. The number of hydrogen-bond donors (Lipinski definition) is 3. The van der Waals surface area contributed by atoms with E-state index in [9.17, 15) is 0 Å². The van der Waals surface area contributed by atoms with Crippen LogP contribution in [0, 0.1) is 0 Å². The molecule has 156 valence electrons. The maximum Gasteiger partial charge on any atom is 0.191 e. The minimum absolute atomic E-state index is 0. The van der Waals surface area contributed by atoms with Gasteiger partial charge >= 0.3 is 0 Å². The highest BCUT2D eigenvalue weighted by Crippen LogP contribution is 2.24. The van der Waals surface area contributed by atoms with Crippen LogP contribution in [-0.2, 0) is 13.0 Å². The quantitative estimate of drug-likeness (QED) is 0.188. The van der Waals surface area contributed by atoms with Gasteiger partial charge in [0.15, 0.2) is 5.96 Å². The smallest absolute Gasteiger partial charge is 0.191 e. The van der Waals surface area contributed by atoms with E-state index in [0.717, 1.165) is 59.3 Å². The van der Waals surface area contributed by atoms with Crippen LogP contribution in [0.1, 0.15) is 17.8 Å². The Morgan fingerprint density at radius 2 is 1.93 bits per heavy atom. The van der Waals surface area contributed by atoms with Gasteiger partial charge in [0, 0.05) is 38.2 Å². The van der Waals surface area contributed by atoms with E-state index in [1.54, 1.807) is 21.3 Å². The largest absolute Gasteiger partial charge is 0.497 e. The van der Waals surface area contributed by atoms with E-state index in [1.807, 2.05) is 42.5 Å². The molecule has 3 aromatic rings. The molecule has 0 aliphatic heterocycles. The summed E-state index contributed by atoms with van der Waals surface area (Å²) in [5.41, 5.74) is 3.13. The molecule has 1 aromatic heterocycles. The summed E-state index contributed by atoms with van der Waals surface area (Å²) >= 11 is 0. The van der Waals surface area contributed by atoms with Crippen molar-refractivity contribution in [1.82, 2.24) is 20.6 Å². The maximum absolute atomic E-state index is 5.44. The summed E-state index contributed by atoms with van der Waals surface area (Å²) in [7, 11) is 5.06. The van der Waals surface area contributed by atoms with Crippen LogP contribution in [0.4, 0.5) is 0 Å². The van der Waals surface area contributed by atoms with Gasteiger partial charge in [-0.25, -0.2) is 4.98 Å². The van der Waals surface area contributed by atoms with Gasteiger partial charge in [-0.2, -0.15) is 0 Å². The van der Waals surface area contributed by atoms with Crippen molar-refractivity contribution >= 4 is 41.0 Å². The summed E-state index contributed by atoms with van der Waals surface area (Å²) in [5, 5.41) is 6.65. The number of methoxy groups -OCH3 is 2. The van der Waals surface area contributed by atoms with Crippen LogP contribution in [0.15, 0.2) is 47.5 Å². The van der Waals surface area contributed by atoms with Crippen molar-refractivity contribution in [3.63, 3.8) is 0 Å². The van der Waals surface area contributed by atoms with Gasteiger partial charge in [-0.3, -0.25) is 4.99 Å². The van der Waals surface area contributed by atoms with Gasteiger partial charge in [0.25, 0.3) is 0 Å². The molecule has 0 bridgehead atoms. The number of aromatic nitrogens is 2. The SMILES string of the molecule is CN=C(NCCCc1nc2ccccc2[nH]1)NCc1ccc(OC)cc1OC.I. The summed E-state index contributed by atoms with van der Waals surface area (Å²) in [5.74, 6) is 3.32. The highest BCUT2D eigenvalue weighted by molar-refractivity contribution is 14.0. The van der Waals surface area contributed by atoms with Crippen molar-refractivity contribution in [1.29, 1.82) is 0 Å². The lowest BCUT2D eigenvalue weighted by Gasteiger charge is -2.14.